The van der Waals surface area contributed by atoms with E-state index >= 15 is 0 Å². The second-order valence-corrected chi connectivity index (χ2v) is 5.39. The van der Waals surface area contributed by atoms with Crippen molar-refractivity contribution in [3.05, 3.63) is 65.0 Å². The van der Waals surface area contributed by atoms with Crippen LogP contribution in [-0.2, 0) is 4.79 Å². The van der Waals surface area contributed by atoms with Crippen LogP contribution in [0.4, 0.5) is 18.9 Å². The number of alkyl halides is 3. The lowest BCUT2D eigenvalue weighted by Gasteiger charge is -2.19. The van der Waals surface area contributed by atoms with Crippen molar-refractivity contribution in [1.82, 2.24) is 0 Å². The largest absolute Gasteiger partial charge is 0.471 e. The maximum absolute atomic E-state index is 12.5. The average molecular weight is 347 g/mol. The van der Waals surface area contributed by atoms with Crippen LogP contribution in [-0.4, -0.2) is 19.1 Å². The zero-order valence-electron chi connectivity index (χ0n) is 13.0. The van der Waals surface area contributed by atoms with Crippen molar-refractivity contribution in [2.45, 2.75) is 6.18 Å². The van der Waals surface area contributed by atoms with Gasteiger partial charge in [0.05, 0.1) is 5.56 Å². The molecule has 4 nitrogen and oxygen atoms in total. The monoisotopic (exact) mass is 347 g/mol. The smallest absolute Gasteiger partial charge is 0.422 e. The minimum Gasteiger partial charge on any atom is -0.422 e. The highest BCUT2D eigenvalue weighted by Crippen LogP contribution is 2.26. The fourth-order valence-corrected chi connectivity index (χ4v) is 2.44. The molecule has 0 saturated heterocycles. The van der Waals surface area contributed by atoms with E-state index in [2.05, 4.69) is 0 Å². The summed E-state index contributed by atoms with van der Waals surface area (Å²) in [5.41, 5.74) is 0.733. The summed E-state index contributed by atoms with van der Waals surface area (Å²) < 4.78 is 42.7. The number of halogens is 3. The van der Waals surface area contributed by atoms with Crippen molar-refractivity contribution >= 4 is 22.6 Å². The Morgan fingerprint density at radius 3 is 2.32 bits per heavy atom. The zero-order chi connectivity index (χ0) is 18.2. The van der Waals surface area contributed by atoms with Crippen LogP contribution in [0, 0.1) is 0 Å². The Labute approximate surface area is 140 Å². The topological polar surface area (TPSA) is 50.5 Å². The molecule has 1 heterocycles. The lowest BCUT2D eigenvalue weighted by molar-refractivity contribution is -0.170. The van der Waals surface area contributed by atoms with Crippen LogP contribution < -0.4 is 10.5 Å². The fourth-order valence-electron chi connectivity index (χ4n) is 2.44. The second-order valence-electron chi connectivity index (χ2n) is 5.39. The Morgan fingerprint density at radius 1 is 1.04 bits per heavy atom. The molecule has 7 heteroatoms. The Hall–Kier alpha value is -3.09. The summed E-state index contributed by atoms with van der Waals surface area (Å²) >= 11 is 0. The van der Waals surface area contributed by atoms with E-state index in [0.717, 1.165) is 12.4 Å². The van der Waals surface area contributed by atoms with Crippen LogP contribution in [0.1, 0.15) is 0 Å². The van der Waals surface area contributed by atoms with Gasteiger partial charge >= 0.3 is 17.7 Å². The van der Waals surface area contributed by atoms with Crippen molar-refractivity contribution in [2.24, 2.45) is 0 Å². The van der Waals surface area contributed by atoms with E-state index in [1.54, 1.807) is 30.3 Å². The number of nitrogens with zero attached hydrogens (tertiary/aromatic N) is 1. The third-order valence-corrected chi connectivity index (χ3v) is 3.75. The molecule has 2 aromatic carbocycles. The molecule has 0 saturated carbocycles. The molecule has 0 radical (unpaired) electrons. The molecule has 0 aliphatic rings. The molecular weight excluding hydrogens is 335 g/mol. The molecule has 1 amide bonds. The Balaban J connectivity index is 1.97. The van der Waals surface area contributed by atoms with Crippen LogP contribution in [0.5, 0.6) is 0 Å². The van der Waals surface area contributed by atoms with Crippen LogP contribution in [0.2, 0.25) is 0 Å². The summed E-state index contributed by atoms with van der Waals surface area (Å²) in [6.07, 6.45) is -4.95. The van der Waals surface area contributed by atoms with Crippen LogP contribution in [0.25, 0.3) is 22.1 Å². The Kier molecular flexibility index (Phi) is 4.08. The predicted octanol–water partition coefficient (Wildman–Crippen LogP) is 3.99. The first-order valence-corrected chi connectivity index (χ1v) is 7.25. The van der Waals surface area contributed by atoms with Gasteiger partial charge in [0.1, 0.15) is 5.58 Å². The fraction of sp³-hybridized carbons (Fsp3) is 0.111. The molecule has 0 spiro atoms. The van der Waals surface area contributed by atoms with Crippen molar-refractivity contribution in [1.29, 1.82) is 0 Å². The highest BCUT2D eigenvalue weighted by atomic mass is 19.4. The molecule has 0 bridgehead atoms. The number of carbonyl (C=O) groups is 1. The first-order valence-electron chi connectivity index (χ1n) is 7.25. The number of fused-ring (bicyclic) bond motifs is 1. The number of para-hydroxylation sites is 1. The maximum Gasteiger partial charge on any atom is 0.471 e. The lowest BCUT2D eigenvalue weighted by Crippen LogP contribution is -2.38. The second kappa shape index (κ2) is 6.08. The summed E-state index contributed by atoms with van der Waals surface area (Å²) in [5, 5.41) is 0.727. The normalized spacial score (nSPS) is 11.5. The molecule has 0 N–H and O–H groups in total. The van der Waals surface area contributed by atoms with Crippen LogP contribution >= 0.6 is 0 Å². The molecule has 3 rings (SSSR count). The number of hydrogen-bond donors (Lipinski definition) is 0. The van der Waals surface area contributed by atoms with Gasteiger partial charge in [0.2, 0.25) is 0 Å². The number of carbonyl (C=O) groups excluding carboxylic acids is 1. The number of amides is 1. The van der Waals surface area contributed by atoms with Gasteiger partial charge in [-0.25, -0.2) is 4.79 Å². The number of benzene rings is 2. The van der Waals surface area contributed by atoms with Gasteiger partial charge in [-0.15, -0.1) is 0 Å². The molecule has 128 valence electrons. The van der Waals surface area contributed by atoms with E-state index in [1.807, 2.05) is 0 Å². The van der Waals surface area contributed by atoms with Crippen molar-refractivity contribution in [3.63, 3.8) is 0 Å². The third-order valence-electron chi connectivity index (χ3n) is 3.75. The number of rotatable bonds is 2. The molecule has 0 fully saturated rings. The summed E-state index contributed by atoms with van der Waals surface area (Å²) in [6.45, 7) is 0. The minimum absolute atomic E-state index is 0.0660. The first kappa shape index (κ1) is 16.8. The van der Waals surface area contributed by atoms with Gasteiger partial charge in [-0.1, -0.05) is 30.3 Å². The van der Waals surface area contributed by atoms with Crippen molar-refractivity contribution in [2.75, 3.05) is 11.9 Å². The van der Waals surface area contributed by atoms with Gasteiger partial charge in [0.25, 0.3) is 0 Å². The van der Waals surface area contributed by atoms with Crippen molar-refractivity contribution in [3.8, 4) is 11.1 Å². The molecule has 0 aliphatic heterocycles. The van der Waals surface area contributed by atoms with Crippen LogP contribution in [0.3, 0.4) is 0 Å². The average Bonchev–Trinajstić information content (AvgIpc) is 2.59. The highest BCUT2D eigenvalue weighted by molar-refractivity contribution is 5.97. The molecule has 0 unspecified atom stereocenters. The van der Waals surface area contributed by atoms with Gasteiger partial charge in [-0.2, -0.15) is 13.2 Å². The lowest BCUT2D eigenvalue weighted by atomic mass is 10.1. The zero-order valence-corrected chi connectivity index (χ0v) is 13.0. The molecule has 0 atom stereocenters. The van der Waals surface area contributed by atoms with Crippen LogP contribution in [0.15, 0.2) is 63.8 Å². The molecular formula is C18H12F3NO3. The predicted molar refractivity (Wildman–Crippen MR) is 87.4 cm³/mol. The quantitative estimate of drug-likeness (QED) is 0.659. The summed E-state index contributed by atoms with van der Waals surface area (Å²) in [6, 6.07) is 14.3. The van der Waals surface area contributed by atoms with Gasteiger partial charge < -0.3 is 9.32 Å². The van der Waals surface area contributed by atoms with Gasteiger partial charge in [0.15, 0.2) is 0 Å². The van der Waals surface area contributed by atoms with E-state index in [4.69, 9.17) is 4.42 Å². The van der Waals surface area contributed by atoms with E-state index < -0.39 is 17.7 Å². The van der Waals surface area contributed by atoms with Gasteiger partial charge in [-0.05, 0) is 29.8 Å². The third kappa shape index (κ3) is 3.26. The molecule has 25 heavy (non-hydrogen) atoms. The Bertz CT molecular complexity index is 991. The Morgan fingerprint density at radius 2 is 1.68 bits per heavy atom. The van der Waals surface area contributed by atoms with Gasteiger partial charge in [0, 0.05) is 18.1 Å². The summed E-state index contributed by atoms with van der Waals surface area (Å²) in [5.74, 6) is -1.97. The summed E-state index contributed by atoms with van der Waals surface area (Å²) in [7, 11) is 1.04. The molecule has 1 aromatic heterocycles. The van der Waals surface area contributed by atoms with E-state index in [1.165, 1.54) is 24.3 Å². The van der Waals surface area contributed by atoms with E-state index in [9.17, 15) is 22.8 Å². The number of hydrogen-bond acceptors (Lipinski definition) is 3. The van der Waals surface area contributed by atoms with E-state index in [-0.39, 0.29) is 11.3 Å². The highest BCUT2D eigenvalue weighted by Gasteiger charge is 2.41. The first-order chi connectivity index (χ1) is 11.8. The van der Waals surface area contributed by atoms with Crippen molar-refractivity contribution < 1.29 is 22.4 Å². The summed E-state index contributed by atoms with van der Waals surface area (Å²) in [4.78, 5) is 23.9. The maximum atomic E-state index is 12.5. The number of anilines is 1. The van der Waals surface area contributed by atoms with Gasteiger partial charge in [-0.3, -0.25) is 4.79 Å². The molecule has 3 aromatic rings. The van der Waals surface area contributed by atoms with E-state index in [0.29, 0.717) is 16.0 Å². The minimum atomic E-state index is -4.95. The standard InChI is InChI=1S/C18H12F3NO3/c1-22(17(24)18(19,20)21)13-8-6-11(7-9-13)14-10-12-4-2-3-5-15(12)25-16(14)23/h2-10H,1H3. The SMILES string of the molecule is CN(C(=O)C(F)(F)F)c1ccc(-c2cc3ccccc3oc2=O)cc1. The molecule has 0 aliphatic carbocycles.